The van der Waals surface area contributed by atoms with Crippen molar-refractivity contribution in [1.82, 2.24) is 10.6 Å². The molecule has 0 radical (unpaired) electrons. The fourth-order valence-electron chi connectivity index (χ4n) is 4.22. The summed E-state index contributed by atoms with van der Waals surface area (Å²) in [6.45, 7) is 1.17. The summed E-state index contributed by atoms with van der Waals surface area (Å²) in [7, 11) is 0. The molecule has 0 saturated carbocycles. The number of nitrogens with one attached hydrogen (secondary N) is 2. The molecular formula is C22H26N2O3S. The third kappa shape index (κ3) is 4.45. The number of fused-ring (bicyclic) bond motifs is 1. The molecule has 148 valence electrons. The molecule has 3 heterocycles. The topological polar surface area (TPSA) is 67.4 Å². The van der Waals surface area contributed by atoms with Gasteiger partial charge in [0, 0.05) is 36.2 Å². The van der Waals surface area contributed by atoms with E-state index < -0.39 is 0 Å². The predicted molar refractivity (Wildman–Crippen MR) is 109 cm³/mol. The van der Waals surface area contributed by atoms with E-state index in [1.54, 1.807) is 11.3 Å². The van der Waals surface area contributed by atoms with Gasteiger partial charge in [0.05, 0.1) is 6.61 Å². The lowest BCUT2D eigenvalue weighted by molar-refractivity contribution is -0.123. The summed E-state index contributed by atoms with van der Waals surface area (Å²) in [5.74, 6) is 0.0996. The fourth-order valence-corrected chi connectivity index (χ4v) is 5.07. The number of rotatable bonds is 7. The zero-order valence-electron chi connectivity index (χ0n) is 15.9. The van der Waals surface area contributed by atoms with Crippen molar-refractivity contribution in [1.29, 1.82) is 0 Å². The average molecular weight is 399 g/mol. The second-order valence-corrected chi connectivity index (χ2v) is 8.73. The van der Waals surface area contributed by atoms with Crippen LogP contribution in [0.15, 0.2) is 41.8 Å². The Hall–Kier alpha value is -2.18. The first kappa shape index (κ1) is 19.2. The molecular weight excluding hydrogens is 372 g/mol. The molecule has 2 amide bonds. The molecule has 0 bridgehead atoms. The highest BCUT2D eigenvalue weighted by Gasteiger charge is 2.38. The van der Waals surface area contributed by atoms with E-state index in [-0.39, 0.29) is 23.5 Å². The number of hydrogen-bond acceptors (Lipinski definition) is 4. The van der Waals surface area contributed by atoms with Gasteiger partial charge in [0.1, 0.15) is 6.10 Å². The van der Waals surface area contributed by atoms with Gasteiger partial charge in [0.15, 0.2) is 0 Å². The van der Waals surface area contributed by atoms with Gasteiger partial charge < -0.3 is 15.4 Å². The molecule has 1 fully saturated rings. The standard InChI is InChI=1S/C22H26N2O3S/c25-20(23-15-19-18-6-2-1-4-16(18)9-12-27-19)7-10-22(11-8-21(26)24-22)14-17-5-3-13-28-17/h1-6,13,19H,7-12,14-15H2,(H,23,25)(H,24,26)/t19-,22-/m0/s1. The van der Waals surface area contributed by atoms with Gasteiger partial charge in [0.25, 0.3) is 0 Å². The zero-order valence-corrected chi connectivity index (χ0v) is 16.7. The number of benzene rings is 1. The largest absolute Gasteiger partial charge is 0.371 e. The van der Waals surface area contributed by atoms with Crippen LogP contribution in [0.2, 0.25) is 0 Å². The van der Waals surface area contributed by atoms with E-state index in [2.05, 4.69) is 34.2 Å². The smallest absolute Gasteiger partial charge is 0.220 e. The minimum Gasteiger partial charge on any atom is -0.371 e. The molecule has 5 nitrogen and oxygen atoms in total. The molecule has 4 rings (SSSR count). The van der Waals surface area contributed by atoms with Crippen LogP contribution in [-0.4, -0.2) is 30.5 Å². The monoisotopic (exact) mass is 398 g/mol. The third-order valence-corrected chi connectivity index (χ3v) is 6.61. The summed E-state index contributed by atoms with van der Waals surface area (Å²) in [5.41, 5.74) is 2.18. The second-order valence-electron chi connectivity index (χ2n) is 7.70. The minimum absolute atomic E-state index is 0.0124. The van der Waals surface area contributed by atoms with Gasteiger partial charge in [-0.05, 0) is 41.8 Å². The number of hydrogen-bond donors (Lipinski definition) is 2. The van der Waals surface area contributed by atoms with Gasteiger partial charge in [-0.3, -0.25) is 9.59 Å². The fraction of sp³-hybridized carbons (Fsp3) is 0.455. The average Bonchev–Trinajstić information content (AvgIpc) is 3.35. The summed E-state index contributed by atoms with van der Waals surface area (Å²) in [4.78, 5) is 25.6. The Morgan fingerprint density at radius 1 is 1.25 bits per heavy atom. The van der Waals surface area contributed by atoms with Gasteiger partial charge in [0.2, 0.25) is 11.8 Å². The van der Waals surface area contributed by atoms with Crippen LogP contribution in [0.4, 0.5) is 0 Å². The Kier molecular flexibility index (Phi) is 5.78. The molecule has 28 heavy (non-hydrogen) atoms. The van der Waals surface area contributed by atoms with Crippen molar-refractivity contribution in [3.05, 3.63) is 57.8 Å². The van der Waals surface area contributed by atoms with Crippen molar-refractivity contribution in [2.45, 2.75) is 50.2 Å². The normalized spacial score (nSPS) is 23.9. The Morgan fingerprint density at radius 3 is 2.93 bits per heavy atom. The molecule has 1 aromatic heterocycles. The first-order chi connectivity index (χ1) is 13.6. The highest BCUT2D eigenvalue weighted by Crippen LogP contribution is 2.31. The van der Waals surface area contributed by atoms with Crippen molar-refractivity contribution in [2.75, 3.05) is 13.2 Å². The molecule has 2 aliphatic heterocycles. The maximum Gasteiger partial charge on any atom is 0.220 e. The first-order valence-corrected chi connectivity index (χ1v) is 10.8. The third-order valence-electron chi connectivity index (χ3n) is 5.74. The van der Waals surface area contributed by atoms with Crippen LogP contribution in [0.25, 0.3) is 0 Å². The van der Waals surface area contributed by atoms with Crippen molar-refractivity contribution in [3.63, 3.8) is 0 Å². The van der Waals surface area contributed by atoms with E-state index in [1.165, 1.54) is 16.0 Å². The van der Waals surface area contributed by atoms with Crippen LogP contribution < -0.4 is 10.6 Å². The van der Waals surface area contributed by atoms with E-state index in [9.17, 15) is 9.59 Å². The number of amides is 2. The summed E-state index contributed by atoms with van der Waals surface area (Å²) in [6.07, 6.45) is 4.02. The lowest BCUT2D eigenvalue weighted by Crippen LogP contribution is -2.44. The zero-order chi connectivity index (χ0) is 19.4. The lowest BCUT2D eigenvalue weighted by Gasteiger charge is -2.29. The molecule has 0 spiro atoms. The summed E-state index contributed by atoms with van der Waals surface area (Å²) in [5, 5.41) is 8.22. The Balaban J connectivity index is 1.32. The molecule has 0 unspecified atom stereocenters. The number of carbonyl (C=O) groups excluding carboxylic acids is 2. The van der Waals surface area contributed by atoms with Gasteiger partial charge >= 0.3 is 0 Å². The summed E-state index contributed by atoms with van der Waals surface area (Å²) < 4.78 is 5.87. The van der Waals surface area contributed by atoms with E-state index in [1.807, 2.05) is 18.2 Å². The second kappa shape index (κ2) is 8.45. The van der Waals surface area contributed by atoms with E-state index in [0.29, 0.717) is 32.4 Å². The van der Waals surface area contributed by atoms with Crippen LogP contribution in [0.5, 0.6) is 0 Å². The van der Waals surface area contributed by atoms with Gasteiger partial charge in [-0.15, -0.1) is 11.3 Å². The Bertz CT molecular complexity index is 836. The molecule has 1 aromatic carbocycles. The SMILES string of the molecule is O=C(CC[C@@]1(Cc2cccs2)CCC(=O)N1)NC[C@@H]1OCCc2ccccc21. The molecule has 0 aliphatic carbocycles. The van der Waals surface area contributed by atoms with Crippen LogP contribution in [0.3, 0.4) is 0 Å². The predicted octanol–water partition coefficient (Wildman–Crippen LogP) is 3.15. The number of ether oxygens (including phenoxy) is 1. The van der Waals surface area contributed by atoms with Gasteiger partial charge in [-0.25, -0.2) is 0 Å². The summed E-state index contributed by atoms with van der Waals surface area (Å²) in [6, 6.07) is 12.4. The summed E-state index contributed by atoms with van der Waals surface area (Å²) >= 11 is 1.70. The van der Waals surface area contributed by atoms with Crippen molar-refractivity contribution in [3.8, 4) is 0 Å². The molecule has 2 N–H and O–H groups in total. The van der Waals surface area contributed by atoms with E-state index in [0.717, 1.165) is 19.3 Å². The van der Waals surface area contributed by atoms with Gasteiger partial charge in [-0.1, -0.05) is 30.3 Å². The van der Waals surface area contributed by atoms with Crippen molar-refractivity contribution >= 4 is 23.2 Å². The molecule has 6 heteroatoms. The van der Waals surface area contributed by atoms with E-state index in [4.69, 9.17) is 4.74 Å². The van der Waals surface area contributed by atoms with Crippen LogP contribution in [-0.2, 0) is 27.2 Å². The maximum atomic E-state index is 12.5. The quantitative estimate of drug-likeness (QED) is 0.753. The first-order valence-electron chi connectivity index (χ1n) is 9.93. The molecule has 1 saturated heterocycles. The molecule has 2 aromatic rings. The Morgan fingerprint density at radius 2 is 2.14 bits per heavy atom. The number of thiophene rings is 1. The van der Waals surface area contributed by atoms with Crippen LogP contribution >= 0.6 is 11.3 Å². The van der Waals surface area contributed by atoms with Crippen molar-refractivity contribution < 1.29 is 14.3 Å². The lowest BCUT2D eigenvalue weighted by atomic mass is 9.87. The molecule has 2 aliphatic rings. The molecule has 2 atom stereocenters. The maximum absolute atomic E-state index is 12.5. The van der Waals surface area contributed by atoms with Crippen LogP contribution in [0.1, 0.15) is 47.8 Å². The minimum atomic E-state index is -0.298. The van der Waals surface area contributed by atoms with Crippen LogP contribution in [0, 0.1) is 0 Å². The van der Waals surface area contributed by atoms with E-state index >= 15 is 0 Å². The highest BCUT2D eigenvalue weighted by molar-refractivity contribution is 7.09. The van der Waals surface area contributed by atoms with Crippen molar-refractivity contribution in [2.24, 2.45) is 0 Å². The highest BCUT2D eigenvalue weighted by atomic mass is 32.1. The number of carbonyl (C=O) groups is 2. The van der Waals surface area contributed by atoms with Gasteiger partial charge in [-0.2, -0.15) is 0 Å². The Labute approximate surface area is 169 Å².